The van der Waals surface area contributed by atoms with Gasteiger partial charge in [-0.25, -0.2) is 4.79 Å². The number of carboxylic acids is 1. The standard InChI is InChI=1S/C18H15N5O10S2/c1-9(24)19-10-2-7-13(14(8-10)35(31,32)33)20-21-15-16(18(26)27)22-23(17(15)25)11-3-5-12(6-4-11)34(28,29)30/h2-8,25H,1H3,(H,19,24)(H,26,27)(H,28,29,30)(H,31,32,33). The number of rotatable bonds is 7. The van der Waals surface area contributed by atoms with Gasteiger partial charge in [-0.05, 0) is 42.5 Å². The molecule has 184 valence electrons. The Bertz CT molecular complexity index is 1580. The summed E-state index contributed by atoms with van der Waals surface area (Å²) < 4.78 is 65.1. The number of azo groups is 1. The van der Waals surface area contributed by atoms with E-state index in [1.54, 1.807) is 0 Å². The second kappa shape index (κ2) is 9.22. The second-order valence-corrected chi connectivity index (χ2v) is 9.56. The number of amides is 1. The van der Waals surface area contributed by atoms with E-state index in [1.165, 1.54) is 13.0 Å². The minimum atomic E-state index is -4.86. The summed E-state index contributed by atoms with van der Waals surface area (Å²) in [4.78, 5) is 21.6. The van der Waals surface area contributed by atoms with Gasteiger partial charge in [-0.2, -0.15) is 26.6 Å². The van der Waals surface area contributed by atoms with E-state index in [2.05, 4.69) is 20.6 Å². The number of nitrogens with zero attached hydrogens (tertiary/aromatic N) is 4. The fraction of sp³-hybridized carbons (Fsp3) is 0.0556. The van der Waals surface area contributed by atoms with Crippen LogP contribution in [0.1, 0.15) is 17.4 Å². The summed E-state index contributed by atoms with van der Waals surface area (Å²) in [5.74, 6) is -3.01. The number of carbonyl (C=O) groups excluding carboxylic acids is 1. The summed E-state index contributed by atoms with van der Waals surface area (Å²) in [6, 6.07) is 7.36. The van der Waals surface area contributed by atoms with Gasteiger partial charge in [0.15, 0.2) is 5.69 Å². The number of aromatic hydroxyl groups is 1. The smallest absolute Gasteiger partial charge is 0.358 e. The molecule has 0 aliphatic carbocycles. The number of benzene rings is 2. The van der Waals surface area contributed by atoms with Gasteiger partial charge in [0.2, 0.25) is 17.5 Å². The van der Waals surface area contributed by atoms with Crippen molar-refractivity contribution in [2.24, 2.45) is 10.2 Å². The molecule has 0 aliphatic rings. The lowest BCUT2D eigenvalue weighted by Crippen LogP contribution is -2.07. The number of hydrogen-bond acceptors (Lipinski definition) is 10. The quantitative estimate of drug-likeness (QED) is 0.221. The van der Waals surface area contributed by atoms with E-state index < -0.39 is 64.9 Å². The number of nitrogens with one attached hydrogen (secondary N) is 1. The summed E-state index contributed by atoms with van der Waals surface area (Å²) in [5, 5.41) is 33.1. The van der Waals surface area contributed by atoms with Crippen molar-refractivity contribution in [2.45, 2.75) is 16.7 Å². The van der Waals surface area contributed by atoms with Gasteiger partial charge in [-0.3, -0.25) is 13.9 Å². The Hall–Kier alpha value is -4.19. The maximum Gasteiger partial charge on any atom is 0.358 e. The Morgan fingerprint density at radius 1 is 0.971 bits per heavy atom. The molecule has 3 rings (SSSR count). The summed E-state index contributed by atoms with van der Waals surface area (Å²) in [6.45, 7) is 1.17. The average Bonchev–Trinajstić information content (AvgIpc) is 3.07. The first-order valence-electron chi connectivity index (χ1n) is 9.12. The number of aromatic carboxylic acids is 1. The third-order valence-corrected chi connectivity index (χ3v) is 5.98. The predicted molar refractivity (Wildman–Crippen MR) is 117 cm³/mol. The number of aromatic nitrogens is 2. The van der Waals surface area contributed by atoms with E-state index in [0.29, 0.717) is 4.68 Å². The zero-order valence-electron chi connectivity index (χ0n) is 17.4. The molecule has 35 heavy (non-hydrogen) atoms. The minimum absolute atomic E-state index is 0.0132. The van der Waals surface area contributed by atoms with Crippen LogP contribution in [0.4, 0.5) is 17.1 Å². The summed E-state index contributed by atoms with van der Waals surface area (Å²) in [5.41, 5.74) is -1.95. The molecule has 0 fully saturated rings. The lowest BCUT2D eigenvalue weighted by Gasteiger charge is -2.06. The Morgan fingerprint density at radius 2 is 1.60 bits per heavy atom. The molecule has 0 saturated heterocycles. The summed E-state index contributed by atoms with van der Waals surface area (Å²) >= 11 is 0. The maximum atomic E-state index is 11.8. The fourth-order valence-corrected chi connectivity index (χ4v) is 3.89. The molecule has 15 nitrogen and oxygen atoms in total. The van der Waals surface area contributed by atoms with Crippen LogP contribution in [0, 0.1) is 0 Å². The van der Waals surface area contributed by atoms with E-state index in [-0.39, 0.29) is 11.4 Å². The molecule has 5 N–H and O–H groups in total. The first-order chi connectivity index (χ1) is 16.2. The average molecular weight is 525 g/mol. The van der Waals surface area contributed by atoms with Crippen LogP contribution in [0.2, 0.25) is 0 Å². The minimum Gasteiger partial charge on any atom is -0.492 e. The van der Waals surface area contributed by atoms with Gasteiger partial charge in [0.1, 0.15) is 10.6 Å². The van der Waals surface area contributed by atoms with Crippen molar-refractivity contribution in [3.8, 4) is 11.6 Å². The van der Waals surface area contributed by atoms with E-state index in [1.807, 2.05) is 0 Å². The van der Waals surface area contributed by atoms with Gasteiger partial charge in [0.05, 0.1) is 10.6 Å². The molecular formula is C18H15N5O10S2. The monoisotopic (exact) mass is 525 g/mol. The van der Waals surface area contributed by atoms with Crippen LogP contribution >= 0.6 is 0 Å². The normalized spacial score (nSPS) is 12.1. The lowest BCUT2D eigenvalue weighted by atomic mass is 10.3. The number of hydrogen-bond donors (Lipinski definition) is 5. The van der Waals surface area contributed by atoms with Crippen molar-refractivity contribution in [3.63, 3.8) is 0 Å². The molecule has 0 saturated carbocycles. The van der Waals surface area contributed by atoms with Crippen molar-refractivity contribution in [3.05, 3.63) is 48.2 Å². The first-order valence-corrected chi connectivity index (χ1v) is 12.0. The van der Waals surface area contributed by atoms with Crippen molar-refractivity contribution in [1.29, 1.82) is 0 Å². The maximum absolute atomic E-state index is 11.8. The summed E-state index contributed by atoms with van der Waals surface area (Å²) in [7, 11) is -9.37. The molecule has 17 heteroatoms. The number of anilines is 1. The van der Waals surface area contributed by atoms with Gasteiger partial charge >= 0.3 is 5.97 Å². The van der Waals surface area contributed by atoms with Gasteiger partial charge < -0.3 is 15.5 Å². The number of carboxylic acid groups (broad SMARTS) is 1. The van der Waals surface area contributed by atoms with Crippen molar-refractivity contribution >= 4 is 49.2 Å². The third-order valence-electron chi connectivity index (χ3n) is 4.23. The molecule has 1 heterocycles. The van der Waals surface area contributed by atoms with Crippen molar-refractivity contribution in [2.75, 3.05) is 5.32 Å². The van der Waals surface area contributed by atoms with Crippen LogP contribution in [0.5, 0.6) is 5.88 Å². The van der Waals surface area contributed by atoms with Crippen molar-refractivity contribution < 1.29 is 45.7 Å². The predicted octanol–water partition coefficient (Wildman–Crippen LogP) is 2.14. The topological polar surface area (TPSA) is 238 Å². The Morgan fingerprint density at radius 3 is 2.11 bits per heavy atom. The van der Waals surface area contributed by atoms with Gasteiger partial charge in [0, 0.05) is 12.6 Å². The summed E-state index contributed by atoms with van der Waals surface area (Å²) in [6.07, 6.45) is 0. The Balaban J connectivity index is 2.10. The van der Waals surface area contributed by atoms with E-state index in [9.17, 15) is 41.2 Å². The molecule has 3 aromatic rings. The SMILES string of the molecule is CC(=O)Nc1ccc(N=Nc2c(C(=O)O)nn(-c3ccc(S(=O)(=O)O)cc3)c2O)c(S(=O)(=O)O)c1. The highest BCUT2D eigenvalue weighted by Gasteiger charge is 2.25. The molecule has 0 atom stereocenters. The Labute approximate surface area is 196 Å². The molecular weight excluding hydrogens is 510 g/mol. The van der Waals surface area contributed by atoms with E-state index in [0.717, 1.165) is 36.4 Å². The van der Waals surface area contributed by atoms with E-state index >= 15 is 0 Å². The van der Waals surface area contributed by atoms with Crippen LogP contribution < -0.4 is 5.32 Å². The van der Waals surface area contributed by atoms with Gasteiger partial charge in [0.25, 0.3) is 20.2 Å². The molecule has 1 amide bonds. The fourth-order valence-electron chi connectivity index (χ4n) is 2.76. The molecule has 0 aliphatic heterocycles. The second-order valence-electron chi connectivity index (χ2n) is 6.75. The highest BCUT2D eigenvalue weighted by molar-refractivity contribution is 7.86. The molecule has 0 radical (unpaired) electrons. The zero-order chi connectivity index (χ0) is 26.1. The molecule has 0 unspecified atom stereocenters. The van der Waals surface area contributed by atoms with E-state index in [4.69, 9.17) is 4.55 Å². The van der Waals surface area contributed by atoms with Gasteiger partial charge in [-0.1, -0.05) is 0 Å². The lowest BCUT2D eigenvalue weighted by molar-refractivity contribution is -0.114. The highest BCUT2D eigenvalue weighted by Crippen LogP contribution is 2.36. The third kappa shape index (κ3) is 5.66. The number of carbonyl (C=O) groups is 2. The van der Waals surface area contributed by atoms with Crippen LogP contribution in [-0.2, 0) is 25.0 Å². The van der Waals surface area contributed by atoms with Crippen LogP contribution in [-0.4, -0.2) is 57.8 Å². The van der Waals surface area contributed by atoms with Crippen LogP contribution in [0.15, 0.2) is 62.5 Å². The van der Waals surface area contributed by atoms with Crippen LogP contribution in [0.3, 0.4) is 0 Å². The Kier molecular flexibility index (Phi) is 6.70. The van der Waals surface area contributed by atoms with Crippen LogP contribution in [0.25, 0.3) is 5.69 Å². The highest BCUT2D eigenvalue weighted by atomic mass is 32.2. The largest absolute Gasteiger partial charge is 0.492 e. The first kappa shape index (κ1) is 25.4. The zero-order valence-corrected chi connectivity index (χ0v) is 19.0. The molecule has 0 bridgehead atoms. The van der Waals surface area contributed by atoms with Gasteiger partial charge in [-0.15, -0.1) is 10.2 Å². The van der Waals surface area contributed by atoms with Crippen molar-refractivity contribution in [1.82, 2.24) is 9.78 Å². The molecule has 0 spiro atoms. The molecule has 2 aromatic carbocycles. The molecule has 1 aromatic heterocycles.